The molecule has 0 bridgehead atoms. The molecule has 2 rings (SSSR count). The molecule has 1 unspecified atom stereocenters. The van der Waals surface area contributed by atoms with Crippen LogP contribution in [-0.4, -0.2) is 29.0 Å². The van der Waals surface area contributed by atoms with Crippen molar-refractivity contribution in [2.75, 3.05) is 7.05 Å². The Labute approximate surface area is 151 Å². The first-order chi connectivity index (χ1) is 11.9. The quantitative estimate of drug-likeness (QED) is 0.826. The van der Waals surface area contributed by atoms with E-state index >= 15 is 0 Å². The number of benzene rings is 2. The molecular formula is C22H29NO2. The molecule has 0 saturated carbocycles. The van der Waals surface area contributed by atoms with Gasteiger partial charge in [-0.1, -0.05) is 74.5 Å². The summed E-state index contributed by atoms with van der Waals surface area (Å²) in [5.41, 5.74) is 2.00. The number of nitrogens with zero attached hydrogens (tertiary/aromatic N) is 1. The van der Waals surface area contributed by atoms with Crippen LogP contribution in [0.25, 0.3) is 0 Å². The Hall–Kier alpha value is -2.13. The van der Waals surface area contributed by atoms with Crippen LogP contribution in [0.2, 0.25) is 0 Å². The van der Waals surface area contributed by atoms with Crippen molar-refractivity contribution in [1.82, 2.24) is 4.90 Å². The smallest absolute Gasteiger partial charge is 0.226 e. The van der Waals surface area contributed by atoms with E-state index in [-0.39, 0.29) is 23.8 Å². The number of amides is 1. The largest absolute Gasteiger partial charge is 0.386 e. The van der Waals surface area contributed by atoms with Gasteiger partial charge in [0, 0.05) is 13.0 Å². The molecule has 134 valence electrons. The van der Waals surface area contributed by atoms with Gasteiger partial charge in [0.2, 0.25) is 5.91 Å². The van der Waals surface area contributed by atoms with Crippen molar-refractivity contribution in [2.45, 2.75) is 39.3 Å². The molecule has 0 spiro atoms. The standard InChI is InChI=1S/C22H29NO2/c1-16(2)20(15-18-11-7-5-8-12-18)22(25)23(4)17(3)21(24)19-13-9-6-10-14-19/h5-14,16-17,20-21,24H,15H2,1-4H3/t17-,20?,21+/m0/s1. The molecule has 1 amide bonds. The second-order valence-corrected chi connectivity index (χ2v) is 7.09. The summed E-state index contributed by atoms with van der Waals surface area (Å²) in [6, 6.07) is 19.3. The second-order valence-electron chi connectivity index (χ2n) is 7.09. The summed E-state index contributed by atoms with van der Waals surface area (Å²) in [6.45, 7) is 6.06. The van der Waals surface area contributed by atoms with E-state index in [1.807, 2.05) is 55.5 Å². The van der Waals surface area contributed by atoms with E-state index in [1.54, 1.807) is 11.9 Å². The third-order valence-electron chi connectivity index (χ3n) is 4.98. The highest BCUT2D eigenvalue weighted by Crippen LogP contribution is 2.25. The molecule has 0 heterocycles. The molecule has 0 radical (unpaired) electrons. The van der Waals surface area contributed by atoms with Crippen molar-refractivity contribution >= 4 is 5.91 Å². The van der Waals surface area contributed by atoms with Crippen molar-refractivity contribution in [3.8, 4) is 0 Å². The summed E-state index contributed by atoms with van der Waals surface area (Å²) in [6.07, 6.45) is 0.0234. The van der Waals surface area contributed by atoms with Gasteiger partial charge in [-0.25, -0.2) is 0 Å². The van der Waals surface area contributed by atoms with Gasteiger partial charge in [0.25, 0.3) is 0 Å². The van der Waals surface area contributed by atoms with Gasteiger partial charge in [-0.15, -0.1) is 0 Å². The van der Waals surface area contributed by atoms with E-state index in [0.29, 0.717) is 0 Å². The average Bonchev–Trinajstić information content (AvgIpc) is 2.65. The number of carbonyl (C=O) groups is 1. The zero-order valence-electron chi connectivity index (χ0n) is 15.6. The molecule has 0 aliphatic carbocycles. The SMILES string of the molecule is CC(C)C(Cc1ccccc1)C(=O)N(C)[C@@H](C)[C@@H](O)c1ccccc1. The summed E-state index contributed by atoms with van der Waals surface area (Å²) in [5, 5.41) is 10.6. The lowest BCUT2D eigenvalue weighted by Crippen LogP contribution is -2.44. The molecule has 0 aliphatic rings. The fourth-order valence-electron chi connectivity index (χ4n) is 3.08. The van der Waals surface area contributed by atoms with Crippen molar-refractivity contribution in [2.24, 2.45) is 11.8 Å². The molecule has 3 heteroatoms. The maximum Gasteiger partial charge on any atom is 0.226 e. The summed E-state index contributed by atoms with van der Waals surface area (Å²) in [5.74, 6) is 0.218. The molecule has 0 fully saturated rings. The number of carbonyl (C=O) groups excluding carboxylic acids is 1. The first-order valence-electron chi connectivity index (χ1n) is 8.95. The van der Waals surface area contributed by atoms with E-state index in [9.17, 15) is 9.90 Å². The molecule has 2 aromatic carbocycles. The summed E-state index contributed by atoms with van der Waals surface area (Å²) >= 11 is 0. The van der Waals surface area contributed by atoms with E-state index < -0.39 is 6.10 Å². The molecule has 0 aromatic heterocycles. The fourth-order valence-corrected chi connectivity index (χ4v) is 3.08. The number of hydrogen-bond acceptors (Lipinski definition) is 2. The van der Waals surface area contributed by atoms with Crippen LogP contribution in [0, 0.1) is 11.8 Å². The first-order valence-corrected chi connectivity index (χ1v) is 8.95. The highest BCUT2D eigenvalue weighted by molar-refractivity contribution is 5.79. The van der Waals surface area contributed by atoms with Gasteiger partial charge in [0.15, 0.2) is 0 Å². The minimum absolute atomic E-state index is 0.0846. The molecule has 0 aliphatic heterocycles. The number of hydrogen-bond donors (Lipinski definition) is 1. The van der Waals surface area contributed by atoms with Crippen LogP contribution >= 0.6 is 0 Å². The zero-order valence-corrected chi connectivity index (χ0v) is 15.6. The highest BCUT2D eigenvalue weighted by Gasteiger charge is 2.30. The molecule has 3 atom stereocenters. The molecule has 0 saturated heterocycles. The number of aliphatic hydroxyl groups is 1. The Kier molecular flexibility index (Phi) is 6.77. The normalized spacial score (nSPS) is 14.8. The Bertz CT molecular complexity index is 654. The molecular weight excluding hydrogens is 310 g/mol. The van der Waals surface area contributed by atoms with E-state index in [0.717, 1.165) is 12.0 Å². The van der Waals surface area contributed by atoms with Crippen LogP contribution in [0.5, 0.6) is 0 Å². The predicted octanol–water partition coefficient (Wildman–Crippen LogP) is 4.08. The lowest BCUT2D eigenvalue weighted by Gasteiger charge is -2.33. The summed E-state index contributed by atoms with van der Waals surface area (Å²) < 4.78 is 0. The second kappa shape index (κ2) is 8.82. The molecule has 25 heavy (non-hydrogen) atoms. The van der Waals surface area contributed by atoms with Crippen LogP contribution in [0.1, 0.15) is 38.0 Å². The number of rotatable bonds is 7. The van der Waals surface area contributed by atoms with Crippen molar-refractivity contribution in [3.63, 3.8) is 0 Å². The average molecular weight is 339 g/mol. The maximum atomic E-state index is 13.1. The van der Waals surface area contributed by atoms with Gasteiger partial charge in [-0.05, 0) is 30.4 Å². The zero-order chi connectivity index (χ0) is 18.4. The minimum Gasteiger partial charge on any atom is -0.386 e. The third-order valence-corrected chi connectivity index (χ3v) is 4.98. The molecule has 3 nitrogen and oxygen atoms in total. The van der Waals surface area contributed by atoms with E-state index in [4.69, 9.17) is 0 Å². The van der Waals surface area contributed by atoms with Gasteiger partial charge in [-0.2, -0.15) is 0 Å². The Balaban J connectivity index is 2.12. The van der Waals surface area contributed by atoms with Crippen molar-refractivity contribution < 1.29 is 9.90 Å². The summed E-state index contributed by atoms with van der Waals surface area (Å²) in [4.78, 5) is 14.8. The molecule has 2 aromatic rings. The first kappa shape index (κ1) is 19.2. The Morgan fingerprint density at radius 1 is 0.960 bits per heavy atom. The Morgan fingerprint density at radius 3 is 2.00 bits per heavy atom. The van der Waals surface area contributed by atoms with Crippen LogP contribution in [0.15, 0.2) is 60.7 Å². The third kappa shape index (κ3) is 4.93. The van der Waals surface area contributed by atoms with Gasteiger partial charge in [-0.3, -0.25) is 4.79 Å². The number of aliphatic hydroxyl groups excluding tert-OH is 1. The number of likely N-dealkylation sites (N-methyl/N-ethyl adjacent to an activating group) is 1. The topological polar surface area (TPSA) is 40.5 Å². The fraction of sp³-hybridized carbons (Fsp3) is 0.409. The lowest BCUT2D eigenvalue weighted by molar-refractivity contribution is -0.139. The summed E-state index contributed by atoms with van der Waals surface area (Å²) in [7, 11) is 1.79. The highest BCUT2D eigenvalue weighted by atomic mass is 16.3. The predicted molar refractivity (Wildman–Crippen MR) is 102 cm³/mol. The van der Waals surface area contributed by atoms with Crippen molar-refractivity contribution in [1.29, 1.82) is 0 Å². The lowest BCUT2D eigenvalue weighted by atomic mass is 9.87. The molecule has 1 N–H and O–H groups in total. The monoisotopic (exact) mass is 339 g/mol. The van der Waals surface area contributed by atoms with Gasteiger partial charge < -0.3 is 10.0 Å². The van der Waals surface area contributed by atoms with Crippen LogP contribution < -0.4 is 0 Å². The van der Waals surface area contributed by atoms with Crippen LogP contribution in [0.3, 0.4) is 0 Å². The van der Waals surface area contributed by atoms with E-state index in [1.165, 1.54) is 5.56 Å². The Morgan fingerprint density at radius 2 is 1.48 bits per heavy atom. The van der Waals surface area contributed by atoms with Gasteiger partial charge >= 0.3 is 0 Å². The minimum atomic E-state index is -0.695. The van der Waals surface area contributed by atoms with E-state index in [2.05, 4.69) is 26.0 Å². The van der Waals surface area contributed by atoms with Crippen LogP contribution in [0.4, 0.5) is 0 Å². The van der Waals surface area contributed by atoms with Crippen LogP contribution in [-0.2, 0) is 11.2 Å². The van der Waals surface area contributed by atoms with Crippen molar-refractivity contribution in [3.05, 3.63) is 71.8 Å². The van der Waals surface area contributed by atoms with Gasteiger partial charge in [0.05, 0.1) is 12.1 Å². The maximum absolute atomic E-state index is 13.1. The van der Waals surface area contributed by atoms with Gasteiger partial charge in [0.1, 0.15) is 0 Å².